The number of aliphatic hydroxyl groups is 1. The van der Waals surface area contributed by atoms with Gasteiger partial charge in [0.15, 0.2) is 0 Å². The van der Waals surface area contributed by atoms with E-state index >= 15 is 0 Å². The monoisotopic (exact) mass is 221 g/mol. The van der Waals surface area contributed by atoms with Crippen LogP contribution < -0.4 is 0 Å². The van der Waals surface area contributed by atoms with Crippen LogP contribution in [0.15, 0.2) is 12.1 Å². The summed E-state index contributed by atoms with van der Waals surface area (Å²) in [5.41, 5.74) is 4.88. The van der Waals surface area contributed by atoms with E-state index in [0.29, 0.717) is 6.54 Å². The molecule has 0 aliphatic carbocycles. The second kappa shape index (κ2) is 5.12. The number of aryl methyl sites for hydroxylation is 1. The number of aliphatic hydroxyl groups excluding tert-OH is 1. The first kappa shape index (κ1) is 12.7. The molecule has 0 bridgehead atoms. The first-order valence-electron chi connectivity index (χ1n) is 5.38. The van der Waals surface area contributed by atoms with Crippen molar-refractivity contribution in [2.45, 2.75) is 27.3 Å². The minimum absolute atomic E-state index is 0.252. The van der Waals surface area contributed by atoms with Crippen molar-refractivity contribution in [1.29, 1.82) is 0 Å². The molecule has 0 radical (unpaired) electrons. The maximum Gasteiger partial charge on any atom is 0.248 e. The van der Waals surface area contributed by atoms with Crippen LogP contribution in [-0.2, 0) is 11.3 Å². The maximum absolute atomic E-state index is 11.3. The zero-order valence-corrected chi connectivity index (χ0v) is 10.4. The standard InChI is InChI=1S/C13H19NO2/c1-9-5-6-12(11(3)10(9)2)7-14(4)13(16)8-15/h5-6,15H,7-8H2,1-4H3. The molecule has 0 unspecified atom stereocenters. The van der Waals surface area contributed by atoms with E-state index in [1.807, 2.05) is 6.07 Å². The Morgan fingerprint density at radius 3 is 2.44 bits per heavy atom. The average Bonchev–Trinajstić information content (AvgIpc) is 2.28. The van der Waals surface area contributed by atoms with Gasteiger partial charge < -0.3 is 10.0 Å². The third-order valence-corrected chi connectivity index (χ3v) is 3.14. The van der Waals surface area contributed by atoms with E-state index in [-0.39, 0.29) is 5.91 Å². The lowest BCUT2D eigenvalue weighted by molar-refractivity contribution is -0.133. The Balaban J connectivity index is 2.90. The molecule has 0 aliphatic heterocycles. The third kappa shape index (κ3) is 2.61. The Labute approximate surface area is 96.7 Å². The van der Waals surface area contributed by atoms with Gasteiger partial charge in [-0.1, -0.05) is 12.1 Å². The van der Waals surface area contributed by atoms with Crippen LogP contribution in [0.25, 0.3) is 0 Å². The molecule has 3 nitrogen and oxygen atoms in total. The number of hydrogen-bond donors (Lipinski definition) is 1. The van der Waals surface area contributed by atoms with Gasteiger partial charge in [0, 0.05) is 13.6 Å². The highest BCUT2D eigenvalue weighted by molar-refractivity contribution is 5.76. The van der Waals surface area contributed by atoms with E-state index in [4.69, 9.17) is 5.11 Å². The number of hydrogen-bond acceptors (Lipinski definition) is 2. The molecule has 88 valence electrons. The lowest BCUT2D eigenvalue weighted by Gasteiger charge is -2.19. The van der Waals surface area contributed by atoms with Crippen LogP contribution in [0.2, 0.25) is 0 Å². The van der Waals surface area contributed by atoms with Gasteiger partial charge in [0.1, 0.15) is 6.61 Å². The van der Waals surface area contributed by atoms with Crippen LogP contribution in [0.4, 0.5) is 0 Å². The molecule has 0 heterocycles. The Bertz CT molecular complexity index is 399. The van der Waals surface area contributed by atoms with Gasteiger partial charge in [-0.05, 0) is 43.0 Å². The minimum atomic E-state index is -0.430. The van der Waals surface area contributed by atoms with E-state index in [0.717, 1.165) is 5.56 Å². The predicted molar refractivity (Wildman–Crippen MR) is 64.2 cm³/mol. The summed E-state index contributed by atoms with van der Waals surface area (Å²) in [6.07, 6.45) is 0. The van der Waals surface area contributed by atoms with Crippen LogP contribution in [0, 0.1) is 20.8 Å². The Hall–Kier alpha value is -1.35. The normalized spacial score (nSPS) is 10.3. The van der Waals surface area contributed by atoms with Gasteiger partial charge in [-0.25, -0.2) is 0 Å². The zero-order valence-electron chi connectivity index (χ0n) is 10.4. The number of carbonyl (C=O) groups excluding carboxylic acids is 1. The molecule has 0 spiro atoms. The largest absolute Gasteiger partial charge is 0.387 e. The summed E-state index contributed by atoms with van der Waals surface area (Å²) in [4.78, 5) is 12.8. The fourth-order valence-corrected chi connectivity index (χ4v) is 1.65. The van der Waals surface area contributed by atoms with E-state index in [9.17, 15) is 4.79 Å². The van der Waals surface area contributed by atoms with Gasteiger partial charge in [-0.3, -0.25) is 4.79 Å². The van der Waals surface area contributed by atoms with Crippen molar-refractivity contribution in [2.24, 2.45) is 0 Å². The van der Waals surface area contributed by atoms with E-state index in [2.05, 4.69) is 26.8 Å². The van der Waals surface area contributed by atoms with Gasteiger partial charge in [0.2, 0.25) is 5.91 Å². The molecule has 1 rings (SSSR count). The number of likely N-dealkylation sites (N-methyl/N-ethyl adjacent to an activating group) is 1. The van der Waals surface area contributed by atoms with Gasteiger partial charge in [-0.15, -0.1) is 0 Å². The van der Waals surface area contributed by atoms with Crippen LogP contribution in [0.5, 0.6) is 0 Å². The van der Waals surface area contributed by atoms with Crippen molar-refractivity contribution in [1.82, 2.24) is 4.90 Å². The Morgan fingerprint density at radius 1 is 1.25 bits per heavy atom. The molecule has 0 aliphatic rings. The fourth-order valence-electron chi connectivity index (χ4n) is 1.65. The second-order valence-corrected chi connectivity index (χ2v) is 4.20. The summed E-state index contributed by atoms with van der Waals surface area (Å²) in [5, 5.41) is 8.76. The number of rotatable bonds is 3. The van der Waals surface area contributed by atoms with Crippen molar-refractivity contribution >= 4 is 5.91 Å². The highest BCUT2D eigenvalue weighted by Gasteiger charge is 2.10. The molecule has 0 aromatic heterocycles. The van der Waals surface area contributed by atoms with Gasteiger partial charge in [0.05, 0.1) is 0 Å². The third-order valence-electron chi connectivity index (χ3n) is 3.14. The molecule has 0 atom stereocenters. The van der Waals surface area contributed by atoms with Crippen molar-refractivity contribution in [3.05, 3.63) is 34.4 Å². The maximum atomic E-state index is 11.3. The summed E-state index contributed by atoms with van der Waals surface area (Å²) in [7, 11) is 1.70. The highest BCUT2D eigenvalue weighted by atomic mass is 16.3. The molecule has 1 aromatic rings. The lowest BCUT2D eigenvalue weighted by atomic mass is 9.98. The summed E-state index contributed by atoms with van der Waals surface area (Å²) in [6, 6.07) is 4.10. The topological polar surface area (TPSA) is 40.5 Å². The number of benzene rings is 1. The molecule has 1 aromatic carbocycles. The molecule has 0 fully saturated rings. The van der Waals surface area contributed by atoms with Crippen LogP contribution in [0.3, 0.4) is 0 Å². The smallest absolute Gasteiger partial charge is 0.248 e. The van der Waals surface area contributed by atoms with Crippen LogP contribution in [-0.4, -0.2) is 29.6 Å². The molecular formula is C13H19NO2. The highest BCUT2D eigenvalue weighted by Crippen LogP contribution is 2.18. The first-order chi connectivity index (χ1) is 7.47. The number of nitrogens with zero attached hydrogens (tertiary/aromatic N) is 1. The SMILES string of the molecule is Cc1ccc(CN(C)C(=O)CO)c(C)c1C. The minimum Gasteiger partial charge on any atom is -0.387 e. The molecule has 1 N–H and O–H groups in total. The average molecular weight is 221 g/mol. The van der Waals surface area contributed by atoms with Crippen molar-refractivity contribution in [2.75, 3.05) is 13.7 Å². The second-order valence-electron chi connectivity index (χ2n) is 4.20. The van der Waals surface area contributed by atoms with Crippen molar-refractivity contribution < 1.29 is 9.90 Å². The van der Waals surface area contributed by atoms with E-state index in [1.54, 1.807) is 7.05 Å². The molecule has 16 heavy (non-hydrogen) atoms. The summed E-state index contributed by atoms with van der Waals surface area (Å²) < 4.78 is 0. The van der Waals surface area contributed by atoms with E-state index < -0.39 is 6.61 Å². The van der Waals surface area contributed by atoms with Crippen LogP contribution in [0.1, 0.15) is 22.3 Å². The van der Waals surface area contributed by atoms with E-state index in [1.165, 1.54) is 21.6 Å². The molecule has 1 amide bonds. The van der Waals surface area contributed by atoms with Crippen molar-refractivity contribution in [3.8, 4) is 0 Å². The molecular weight excluding hydrogens is 202 g/mol. The van der Waals surface area contributed by atoms with Crippen molar-refractivity contribution in [3.63, 3.8) is 0 Å². The molecule has 0 saturated heterocycles. The Morgan fingerprint density at radius 2 is 1.88 bits per heavy atom. The summed E-state index contributed by atoms with van der Waals surface area (Å²) >= 11 is 0. The van der Waals surface area contributed by atoms with Gasteiger partial charge >= 0.3 is 0 Å². The van der Waals surface area contributed by atoms with Gasteiger partial charge in [-0.2, -0.15) is 0 Å². The summed E-state index contributed by atoms with van der Waals surface area (Å²) in [6.45, 7) is 6.35. The van der Waals surface area contributed by atoms with Gasteiger partial charge in [0.25, 0.3) is 0 Å². The molecule has 3 heteroatoms. The fraction of sp³-hybridized carbons (Fsp3) is 0.462. The predicted octanol–water partition coefficient (Wildman–Crippen LogP) is 1.56. The molecule has 0 saturated carbocycles. The number of carbonyl (C=O) groups is 1. The Kier molecular flexibility index (Phi) is 4.07. The quantitative estimate of drug-likeness (QED) is 0.841. The summed E-state index contributed by atoms with van der Waals surface area (Å²) in [5.74, 6) is -0.252. The zero-order chi connectivity index (χ0) is 12.3. The lowest BCUT2D eigenvalue weighted by Crippen LogP contribution is -2.29. The number of amides is 1. The first-order valence-corrected chi connectivity index (χ1v) is 5.38. The van der Waals surface area contributed by atoms with Crippen LogP contribution >= 0.6 is 0 Å².